The maximum Gasteiger partial charge on any atom is 0.335 e. The normalized spacial score (nSPS) is 24.7. The average Bonchev–Trinajstić information content (AvgIpc) is 3.03. The second-order valence-electron chi connectivity index (χ2n) is 6.14. The first-order chi connectivity index (χ1) is 11.1. The highest BCUT2D eigenvalue weighted by molar-refractivity contribution is 6.30. The molecule has 23 heavy (non-hydrogen) atoms. The summed E-state index contributed by atoms with van der Waals surface area (Å²) >= 11 is 6.15. The van der Waals surface area contributed by atoms with Gasteiger partial charge in [0.2, 0.25) is 0 Å². The molecular weight excluding hydrogens is 310 g/mol. The van der Waals surface area contributed by atoms with Crippen molar-refractivity contribution in [1.29, 1.82) is 0 Å². The van der Waals surface area contributed by atoms with E-state index in [4.69, 9.17) is 11.6 Å². The van der Waals surface area contributed by atoms with E-state index in [0.717, 1.165) is 22.7 Å². The van der Waals surface area contributed by atoms with E-state index in [9.17, 15) is 9.90 Å². The Kier molecular flexibility index (Phi) is 3.38. The molecule has 0 aromatic heterocycles. The summed E-state index contributed by atoms with van der Waals surface area (Å²) in [6.07, 6.45) is 5.37. The quantitative estimate of drug-likeness (QED) is 0.775. The number of hydrogen-bond acceptors (Lipinski definition) is 2. The van der Waals surface area contributed by atoms with E-state index in [1.807, 2.05) is 24.3 Å². The standard InChI is InChI=1S/C19H16ClNO2/c20-13-4-1-3-11(9-13)18-15-6-2-5-14(15)16-10-12(19(22)23)7-8-17(16)21-18/h1-5,7-10,14-15,18,21H,6H2,(H,22,23)/t14-,15-,18+/m1/s1. The van der Waals surface area contributed by atoms with Gasteiger partial charge in [-0.15, -0.1) is 0 Å². The largest absolute Gasteiger partial charge is 0.478 e. The Hall–Kier alpha value is -2.26. The number of allylic oxidation sites excluding steroid dienone is 2. The summed E-state index contributed by atoms with van der Waals surface area (Å²) in [5, 5.41) is 13.6. The van der Waals surface area contributed by atoms with E-state index in [-0.39, 0.29) is 12.0 Å². The minimum Gasteiger partial charge on any atom is -0.478 e. The molecule has 4 heteroatoms. The maximum absolute atomic E-state index is 11.2. The fraction of sp³-hybridized carbons (Fsp3) is 0.211. The summed E-state index contributed by atoms with van der Waals surface area (Å²) in [5.41, 5.74) is 3.59. The molecule has 0 unspecified atom stereocenters. The van der Waals surface area contributed by atoms with Crippen molar-refractivity contribution in [3.63, 3.8) is 0 Å². The predicted molar refractivity (Wildman–Crippen MR) is 91.2 cm³/mol. The minimum absolute atomic E-state index is 0.178. The van der Waals surface area contributed by atoms with Gasteiger partial charge in [0.1, 0.15) is 0 Å². The van der Waals surface area contributed by atoms with Crippen LogP contribution >= 0.6 is 11.6 Å². The van der Waals surface area contributed by atoms with Crippen LogP contribution in [0, 0.1) is 5.92 Å². The molecule has 3 nitrogen and oxygen atoms in total. The van der Waals surface area contributed by atoms with Crippen LogP contribution in [0.15, 0.2) is 54.6 Å². The molecule has 0 saturated carbocycles. The lowest BCUT2D eigenvalue weighted by molar-refractivity contribution is 0.0696. The van der Waals surface area contributed by atoms with Crippen molar-refractivity contribution in [2.45, 2.75) is 18.4 Å². The van der Waals surface area contributed by atoms with Gasteiger partial charge in [0, 0.05) is 16.6 Å². The lowest BCUT2D eigenvalue weighted by Crippen LogP contribution is -2.29. The Morgan fingerprint density at radius 3 is 2.87 bits per heavy atom. The zero-order chi connectivity index (χ0) is 16.0. The summed E-state index contributed by atoms with van der Waals surface area (Å²) in [4.78, 5) is 11.2. The van der Waals surface area contributed by atoms with E-state index in [2.05, 4.69) is 23.5 Å². The van der Waals surface area contributed by atoms with Gasteiger partial charge in [-0.25, -0.2) is 4.79 Å². The van der Waals surface area contributed by atoms with Crippen molar-refractivity contribution >= 4 is 23.3 Å². The lowest BCUT2D eigenvalue weighted by atomic mass is 9.76. The molecule has 1 aliphatic carbocycles. The number of anilines is 1. The SMILES string of the molecule is O=C(O)c1ccc2c(c1)[C@@H]1C=CC[C@H]1[C@H](c1cccc(Cl)c1)N2. The van der Waals surface area contributed by atoms with Crippen molar-refractivity contribution in [3.05, 3.63) is 76.3 Å². The lowest BCUT2D eigenvalue weighted by Gasteiger charge is -2.37. The second-order valence-corrected chi connectivity index (χ2v) is 6.57. The van der Waals surface area contributed by atoms with Crippen molar-refractivity contribution < 1.29 is 9.90 Å². The van der Waals surface area contributed by atoms with Gasteiger partial charge in [-0.05, 0) is 53.8 Å². The smallest absolute Gasteiger partial charge is 0.335 e. The van der Waals surface area contributed by atoms with Gasteiger partial charge < -0.3 is 10.4 Å². The third-order valence-corrected chi connectivity index (χ3v) is 5.05. The molecule has 116 valence electrons. The molecule has 0 fully saturated rings. The molecule has 2 aromatic carbocycles. The number of carbonyl (C=O) groups is 1. The second kappa shape index (κ2) is 5.43. The number of aromatic carboxylic acids is 1. The molecule has 2 N–H and O–H groups in total. The van der Waals surface area contributed by atoms with Crippen LogP contribution in [0.1, 0.15) is 39.9 Å². The van der Waals surface area contributed by atoms with Gasteiger partial charge in [-0.2, -0.15) is 0 Å². The molecule has 1 aliphatic heterocycles. The van der Waals surface area contributed by atoms with Crippen LogP contribution in [0.25, 0.3) is 0 Å². The highest BCUT2D eigenvalue weighted by Crippen LogP contribution is 2.50. The number of carboxylic acid groups (broad SMARTS) is 1. The molecule has 0 bridgehead atoms. The number of halogens is 1. The monoisotopic (exact) mass is 325 g/mol. The van der Waals surface area contributed by atoms with E-state index >= 15 is 0 Å². The first kappa shape index (κ1) is 14.3. The zero-order valence-electron chi connectivity index (χ0n) is 12.4. The highest BCUT2D eigenvalue weighted by Gasteiger charge is 2.38. The molecule has 1 heterocycles. The Bertz CT molecular complexity index is 815. The van der Waals surface area contributed by atoms with Gasteiger partial charge in [0.05, 0.1) is 11.6 Å². The molecular formula is C19H16ClNO2. The maximum atomic E-state index is 11.2. The fourth-order valence-corrected chi connectivity index (χ4v) is 3.96. The van der Waals surface area contributed by atoms with Crippen LogP contribution in [-0.2, 0) is 0 Å². The summed E-state index contributed by atoms with van der Waals surface area (Å²) in [6.45, 7) is 0. The average molecular weight is 326 g/mol. The van der Waals surface area contributed by atoms with Crippen LogP contribution in [0.3, 0.4) is 0 Å². The number of nitrogens with one attached hydrogen (secondary N) is 1. The van der Waals surface area contributed by atoms with Gasteiger partial charge in [-0.1, -0.05) is 35.9 Å². The third-order valence-electron chi connectivity index (χ3n) is 4.82. The van der Waals surface area contributed by atoms with Gasteiger partial charge in [0.25, 0.3) is 0 Å². The minimum atomic E-state index is -0.886. The van der Waals surface area contributed by atoms with Crippen LogP contribution in [0.4, 0.5) is 5.69 Å². The van der Waals surface area contributed by atoms with Crippen molar-refractivity contribution in [2.75, 3.05) is 5.32 Å². The van der Waals surface area contributed by atoms with Crippen molar-refractivity contribution in [2.24, 2.45) is 5.92 Å². The number of rotatable bonds is 2. The highest BCUT2D eigenvalue weighted by atomic mass is 35.5. The first-order valence-corrected chi connectivity index (χ1v) is 8.07. The summed E-state index contributed by atoms with van der Waals surface area (Å²) < 4.78 is 0. The van der Waals surface area contributed by atoms with Crippen LogP contribution < -0.4 is 5.32 Å². The van der Waals surface area contributed by atoms with Crippen LogP contribution in [0.5, 0.6) is 0 Å². The van der Waals surface area contributed by atoms with E-state index in [1.165, 1.54) is 5.56 Å². The molecule has 3 atom stereocenters. The molecule has 0 saturated heterocycles. The van der Waals surface area contributed by atoms with E-state index in [1.54, 1.807) is 12.1 Å². The molecule has 2 aromatic rings. The Balaban J connectivity index is 1.79. The molecule has 4 rings (SSSR count). The number of hydrogen-bond donors (Lipinski definition) is 2. The molecule has 0 spiro atoms. The number of fused-ring (bicyclic) bond motifs is 3. The van der Waals surface area contributed by atoms with Crippen LogP contribution in [-0.4, -0.2) is 11.1 Å². The predicted octanol–water partition coefficient (Wildman–Crippen LogP) is 4.86. The third kappa shape index (κ3) is 2.41. The molecule has 0 radical (unpaired) electrons. The van der Waals surface area contributed by atoms with E-state index in [0.29, 0.717) is 11.5 Å². The fourth-order valence-electron chi connectivity index (χ4n) is 3.76. The Morgan fingerprint density at radius 2 is 2.09 bits per heavy atom. The number of carboxylic acids is 1. The summed E-state index contributed by atoms with van der Waals surface area (Å²) in [6, 6.07) is 13.5. The van der Waals surface area contributed by atoms with E-state index < -0.39 is 5.97 Å². The number of benzene rings is 2. The van der Waals surface area contributed by atoms with Gasteiger partial charge in [0.15, 0.2) is 0 Å². The molecule has 2 aliphatic rings. The van der Waals surface area contributed by atoms with Gasteiger partial charge in [-0.3, -0.25) is 0 Å². The summed E-state index contributed by atoms with van der Waals surface area (Å²) in [5.74, 6) is -0.261. The van der Waals surface area contributed by atoms with Gasteiger partial charge >= 0.3 is 5.97 Å². The summed E-state index contributed by atoms with van der Waals surface area (Å²) in [7, 11) is 0. The Morgan fingerprint density at radius 1 is 1.22 bits per heavy atom. The van der Waals surface area contributed by atoms with Crippen molar-refractivity contribution in [3.8, 4) is 0 Å². The Labute approximate surface area is 139 Å². The topological polar surface area (TPSA) is 49.3 Å². The molecule has 0 amide bonds. The first-order valence-electron chi connectivity index (χ1n) is 7.69. The zero-order valence-corrected chi connectivity index (χ0v) is 13.1. The van der Waals surface area contributed by atoms with Crippen molar-refractivity contribution in [1.82, 2.24) is 0 Å². The van der Waals surface area contributed by atoms with Crippen LogP contribution in [0.2, 0.25) is 5.02 Å².